The van der Waals surface area contributed by atoms with Crippen molar-refractivity contribution in [2.45, 2.75) is 52.1 Å². The van der Waals surface area contributed by atoms with Gasteiger partial charge in [0.25, 0.3) is 0 Å². The molecule has 0 rings (SSSR count). The molecule has 0 saturated heterocycles. The van der Waals surface area contributed by atoms with Gasteiger partial charge in [0.05, 0.1) is 6.54 Å². The van der Waals surface area contributed by atoms with E-state index in [4.69, 9.17) is 5.11 Å². The number of urea groups is 1. The number of carboxylic acid groups (broad SMARTS) is 1. The average Bonchev–Trinajstić information content (AvgIpc) is 2.21. The highest BCUT2D eigenvalue weighted by Crippen LogP contribution is 1.97. The highest BCUT2D eigenvalue weighted by atomic mass is 16.4. The second-order valence-corrected chi connectivity index (χ2v) is 5.46. The van der Waals surface area contributed by atoms with Crippen molar-refractivity contribution in [2.75, 3.05) is 6.54 Å². The molecule has 0 fully saturated rings. The zero-order valence-electron chi connectivity index (χ0n) is 11.9. The Morgan fingerprint density at radius 2 is 1.79 bits per heavy atom. The summed E-state index contributed by atoms with van der Waals surface area (Å²) in [7, 11) is 0. The monoisotopic (exact) mass is 273 g/mol. The standard InChI is InChI=1S/C12H23N3O4/c1-8(5-6-10(17)18)14-11(19)13-7-9(16)15-12(2,3)4/h8H,5-7H2,1-4H3,(H,15,16)(H,17,18)(H2,13,14,19). The third kappa shape index (κ3) is 11.1. The lowest BCUT2D eigenvalue weighted by Crippen LogP contribution is -2.48. The van der Waals surface area contributed by atoms with Crippen LogP contribution in [0.15, 0.2) is 0 Å². The van der Waals surface area contributed by atoms with E-state index in [-0.39, 0.29) is 30.5 Å². The van der Waals surface area contributed by atoms with Gasteiger partial charge in [0.1, 0.15) is 0 Å². The van der Waals surface area contributed by atoms with Crippen molar-refractivity contribution in [3.05, 3.63) is 0 Å². The Morgan fingerprint density at radius 1 is 1.21 bits per heavy atom. The molecule has 0 aromatic heterocycles. The summed E-state index contributed by atoms with van der Waals surface area (Å²) in [5, 5.41) is 16.2. The second-order valence-electron chi connectivity index (χ2n) is 5.46. The number of hydrogen-bond donors (Lipinski definition) is 4. The Balaban J connectivity index is 3.86. The maximum Gasteiger partial charge on any atom is 0.315 e. The Kier molecular flexibility index (Phi) is 6.89. The Bertz CT molecular complexity index is 336. The van der Waals surface area contributed by atoms with Gasteiger partial charge in [-0.15, -0.1) is 0 Å². The fraction of sp³-hybridized carbons (Fsp3) is 0.750. The van der Waals surface area contributed by atoms with E-state index in [1.807, 2.05) is 20.8 Å². The number of hydrogen-bond acceptors (Lipinski definition) is 3. The molecule has 0 aromatic carbocycles. The molecule has 7 nitrogen and oxygen atoms in total. The van der Waals surface area contributed by atoms with Crippen molar-refractivity contribution in [2.24, 2.45) is 0 Å². The molecule has 0 aromatic rings. The van der Waals surface area contributed by atoms with Gasteiger partial charge in [-0.05, 0) is 34.1 Å². The van der Waals surface area contributed by atoms with Gasteiger partial charge in [-0.3, -0.25) is 9.59 Å². The molecule has 3 amide bonds. The van der Waals surface area contributed by atoms with Crippen molar-refractivity contribution >= 4 is 17.9 Å². The van der Waals surface area contributed by atoms with Crippen molar-refractivity contribution in [3.8, 4) is 0 Å². The van der Waals surface area contributed by atoms with Crippen LogP contribution in [0.4, 0.5) is 4.79 Å². The van der Waals surface area contributed by atoms with E-state index in [1.165, 1.54) is 0 Å². The van der Waals surface area contributed by atoms with Crippen LogP contribution in [0.3, 0.4) is 0 Å². The first kappa shape index (κ1) is 17.2. The summed E-state index contributed by atoms with van der Waals surface area (Å²) in [6.07, 6.45) is 0.336. The van der Waals surface area contributed by atoms with E-state index in [9.17, 15) is 14.4 Å². The Hall–Kier alpha value is -1.79. The van der Waals surface area contributed by atoms with E-state index < -0.39 is 12.0 Å². The summed E-state index contributed by atoms with van der Waals surface area (Å²) in [6.45, 7) is 7.13. The molecule has 0 radical (unpaired) electrons. The normalized spacial score (nSPS) is 12.4. The minimum Gasteiger partial charge on any atom is -0.481 e. The smallest absolute Gasteiger partial charge is 0.315 e. The quantitative estimate of drug-likeness (QED) is 0.563. The van der Waals surface area contributed by atoms with Crippen LogP contribution in [-0.2, 0) is 9.59 Å². The lowest BCUT2D eigenvalue weighted by molar-refractivity contribution is -0.137. The molecule has 0 aliphatic rings. The van der Waals surface area contributed by atoms with Crippen molar-refractivity contribution in [3.63, 3.8) is 0 Å². The predicted octanol–water partition coefficient (Wildman–Crippen LogP) is 0.454. The number of nitrogens with one attached hydrogen (secondary N) is 3. The predicted molar refractivity (Wildman–Crippen MR) is 70.8 cm³/mol. The van der Waals surface area contributed by atoms with Crippen LogP contribution in [0.1, 0.15) is 40.5 Å². The van der Waals surface area contributed by atoms with Crippen molar-refractivity contribution in [1.82, 2.24) is 16.0 Å². The zero-order chi connectivity index (χ0) is 15.1. The van der Waals surface area contributed by atoms with Crippen LogP contribution in [0.2, 0.25) is 0 Å². The topological polar surface area (TPSA) is 108 Å². The maximum absolute atomic E-state index is 11.4. The lowest BCUT2D eigenvalue weighted by atomic mass is 10.1. The minimum atomic E-state index is -0.904. The van der Waals surface area contributed by atoms with Crippen LogP contribution in [0, 0.1) is 0 Å². The maximum atomic E-state index is 11.4. The molecule has 0 bridgehead atoms. The van der Waals surface area contributed by atoms with Gasteiger partial charge in [0.15, 0.2) is 0 Å². The molecule has 19 heavy (non-hydrogen) atoms. The first-order chi connectivity index (χ1) is 8.60. The molecule has 4 N–H and O–H groups in total. The van der Waals surface area contributed by atoms with Crippen molar-refractivity contribution < 1.29 is 19.5 Å². The summed E-state index contributed by atoms with van der Waals surface area (Å²) in [5.41, 5.74) is -0.343. The third-order valence-electron chi connectivity index (χ3n) is 2.09. The van der Waals surface area contributed by atoms with Gasteiger partial charge in [-0.2, -0.15) is 0 Å². The van der Waals surface area contributed by atoms with E-state index in [0.29, 0.717) is 6.42 Å². The first-order valence-corrected chi connectivity index (χ1v) is 6.17. The van der Waals surface area contributed by atoms with Gasteiger partial charge in [0.2, 0.25) is 5.91 Å². The van der Waals surface area contributed by atoms with E-state index >= 15 is 0 Å². The number of carbonyl (C=O) groups excluding carboxylic acids is 2. The number of carboxylic acids is 1. The van der Waals surface area contributed by atoms with Gasteiger partial charge >= 0.3 is 12.0 Å². The fourth-order valence-electron chi connectivity index (χ4n) is 1.31. The summed E-state index contributed by atoms with van der Waals surface area (Å²) >= 11 is 0. The van der Waals surface area contributed by atoms with Crippen LogP contribution in [0.25, 0.3) is 0 Å². The molecular weight excluding hydrogens is 250 g/mol. The number of aliphatic carboxylic acids is 1. The SMILES string of the molecule is CC(CCC(=O)O)NC(=O)NCC(=O)NC(C)(C)C. The van der Waals surface area contributed by atoms with Gasteiger partial charge in [-0.1, -0.05) is 0 Å². The molecule has 1 atom stereocenters. The van der Waals surface area contributed by atoms with Crippen LogP contribution in [0.5, 0.6) is 0 Å². The lowest BCUT2D eigenvalue weighted by Gasteiger charge is -2.21. The summed E-state index contributed by atoms with van der Waals surface area (Å²) < 4.78 is 0. The van der Waals surface area contributed by atoms with Crippen molar-refractivity contribution in [1.29, 1.82) is 0 Å². The van der Waals surface area contributed by atoms with E-state index in [2.05, 4.69) is 16.0 Å². The molecule has 0 aliphatic heterocycles. The largest absolute Gasteiger partial charge is 0.481 e. The fourth-order valence-corrected chi connectivity index (χ4v) is 1.31. The summed E-state index contributed by atoms with van der Waals surface area (Å²) in [4.78, 5) is 33.2. The number of rotatable bonds is 6. The molecule has 0 aliphatic carbocycles. The number of amides is 3. The van der Waals surface area contributed by atoms with E-state index in [0.717, 1.165) is 0 Å². The third-order valence-corrected chi connectivity index (χ3v) is 2.09. The minimum absolute atomic E-state index is 0.00798. The van der Waals surface area contributed by atoms with Gasteiger partial charge < -0.3 is 21.1 Å². The molecule has 0 heterocycles. The first-order valence-electron chi connectivity index (χ1n) is 6.17. The molecule has 7 heteroatoms. The highest BCUT2D eigenvalue weighted by molar-refractivity contribution is 5.84. The molecular formula is C12H23N3O4. The number of carbonyl (C=O) groups is 3. The average molecular weight is 273 g/mol. The molecule has 0 saturated carbocycles. The molecule has 0 spiro atoms. The Labute approximate surface area is 113 Å². The molecule has 1 unspecified atom stereocenters. The summed E-state index contributed by atoms with van der Waals surface area (Å²) in [6, 6.07) is -0.747. The van der Waals surface area contributed by atoms with Crippen LogP contribution >= 0.6 is 0 Å². The van der Waals surface area contributed by atoms with E-state index in [1.54, 1.807) is 6.92 Å². The Morgan fingerprint density at radius 3 is 2.26 bits per heavy atom. The van der Waals surface area contributed by atoms with Crippen LogP contribution < -0.4 is 16.0 Å². The van der Waals surface area contributed by atoms with Crippen LogP contribution in [-0.4, -0.2) is 41.1 Å². The molecule has 110 valence electrons. The highest BCUT2D eigenvalue weighted by Gasteiger charge is 2.14. The van der Waals surface area contributed by atoms with Gasteiger partial charge in [-0.25, -0.2) is 4.79 Å². The second kappa shape index (κ2) is 7.60. The summed E-state index contributed by atoms with van der Waals surface area (Å²) in [5.74, 6) is -1.18. The van der Waals surface area contributed by atoms with Gasteiger partial charge in [0, 0.05) is 18.0 Å². The zero-order valence-corrected chi connectivity index (χ0v) is 11.9.